The van der Waals surface area contributed by atoms with E-state index in [1.54, 1.807) is 26.8 Å². The summed E-state index contributed by atoms with van der Waals surface area (Å²) >= 11 is 0. The summed E-state index contributed by atoms with van der Waals surface area (Å²) in [7, 11) is 0. The number of carbonyl (C=O) groups excluding carboxylic acids is 2. The maximum atomic E-state index is 13.7. The van der Waals surface area contributed by atoms with Crippen molar-refractivity contribution in [1.29, 1.82) is 0 Å². The Hall–Kier alpha value is -2.15. The molecule has 1 aliphatic rings. The van der Waals surface area contributed by atoms with Crippen LogP contribution in [0.25, 0.3) is 0 Å². The van der Waals surface area contributed by atoms with E-state index in [1.165, 1.54) is 18.2 Å². The summed E-state index contributed by atoms with van der Waals surface area (Å²) in [5.41, 5.74) is -0.413. The van der Waals surface area contributed by atoms with Gasteiger partial charge in [-0.1, -0.05) is 19.1 Å². The predicted octanol–water partition coefficient (Wildman–Crippen LogP) is 3.32. The fraction of sp³-hybridized carbons (Fsp3) is 0.600. The number of amides is 1. The first-order valence-corrected chi connectivity index (χ1v) is 9.35. The number of nitrogens with one attached hydrogen (secondary N) is 2. The molecule has 2 N–H and O–H groups in total. The molecule has 1 aromatic rings. The molecule has 1 fully saturated rings. The van der Waals surface area contributed by atoms with Crippen molar-refractivity contribution in [2.24, 2.45) is 5.92 Å². The van der Waals surface area contributed by atoms with Crippen molar-refractivity contribution in [3.63, 3.8) is 0 Å². The minimum Gasteiger partial charge on any atom is -0.459 e. The van der Waals surface area contributed by atoms with Gasteiger partial charge in [-0.3, -0.25) is 0 Å². The first kappa shape index (κ1) is 21.2. The molecule has 3 unspecified atom stereocenters. The largest absolute Gasteiger partial charge is 0.459 e. The van der Waals surface area contributed by atoms with Gasteiger partial charge in [0.2, 0.25) is 0 Å². The van der Waals surface area contributed by atoms with Crippen LogP contribution < -0.4 is 10.6 Å². The zero-order valence-corrected chi connectivity index (χ0v) is 16.4. The lowest BCUT2D eigenvalue weighted by atomic mass is 9.92. The van der Waals surface area contributed by atoms with E-state index in [0.717, 1.165) is 19.4 Å². The van der Waals surface area contributed by atoms with E-state index in [0.29, 0.717) is 12.1 Å². The van der Waals surface area contributed by atoms with Crippen LogP contribution in [0.5, 0.6) is 0 Å². The Balaban J connectivity index is 2.17. The highest BCUT2D eigenvalue weighted by atomic mass is 19.1. The van der Waals surface area contributed by atoms with E-state index < -0.39 is 29.5 Å². The lowest BCUT2D eigenvalue weighted by Gasteiger charge is -2.32. The molecule has 1 aliphatic heterocycles. The molecule has 27 heavy (non-hydrogen) atoms. The molecule has 1 saturated heterocycles. The molecule has 1 heterocycles. The number of alkyl carbamates (subject to hydrolysis) is 1. The Labute approximate surface area is 159 Å². The highest BCUT2D eigenvalue weighted by Gasteiger charge is 2.32. The molecule has 0 radical (unpaired) electrons. The van der Waals surface area contributed by atoms with Gasteiger partial charge in [0.1, 0.15) is 17.5 Å². The quantitative estimate of drug-likeness (QED) is 0.767. The number of carbonyl (C=O) groups is 2. The monoisotopic (exact) mass is 380 g/mol. The summed E-state index contributed by atoms with van der Waals surface area (Å²) in [6, 6.07) is 4.40. The second-order valence-electron chi connectivity index (χ2n) is 7.77. The Morgan fingerprint density at radius 2 is 2.11 bits per heavy atom. The molecule has 0 saturated carbocycles. The Morgan fingerprint density at radius 3 is 2.74 bits per heavy atom. The highest BCUT2D eigenvalue weighted by Crippen LogP contribution is 2.23. The number of halogens is 1. The van der Waals surface area contributed by atoms with E-state index in [1.807, 2.05) is 0 Å². The van der Waals surface area contributed by atoms with E-state index in [9.17, 15) is 14.0 Å². The standard InChI is InChI=1S/C20H29FN2O4/c1-5-13-9-10-22-12-16(13)26-18(24)17(14-7-6-8-15(21)11-14)23-19(25)27-20(2,3)4/h6-8,11,13,16-17,22H,5,9-10,12H2,1-4H3,(H,23,25). The lowest BCUT2D eigenvalue weighted by Crippen LogP contribution is -2.45. The SMILES string of the molecule is CCC1CCNCC1OC(=O)C(NC(=O)OC(C)(C)C)c1cccc(F)c1. The number of hydrogen-bond acceptors (Lipinski definition) is 5. The van der Waals surface area contributed by atoms with Crippen LogP contribution in [-0.2, 0) is 14.3 Å². The summed E-state index contributed by atoms with van der Waals surface area (Å²) in [5.74, 6) is -0.870. The second kappa shape index (κ2) is 9.17. The number of hydrogen-bond donors (Lipinski definition) is 2. The van der Waals surface area contributed by atoms with Gasteiger partial charge >= 0.3 is 12.1 Å². The van der Waals surface area contributed by atoms with Crippen LogP contribution >= 0.6 is 0 Å². The van der Waals surface area contributed by atoms with Gasteiger partial charge in [0, 0.05) is 6.54 Å². The van der Waals surface area contributed by atoms with Crippen molar-refractivity contribution in [2.45, 2.75) is 58.3 Å². The molecule has 0 aliphatic carbocycles. The zero-order valence-electron chi connectivity index (χ0n) is 16.4. The summed E-state index contributed by atoms with van der Waals surface area (Å²) in [4.78, 5) is 25.0. The maximum Gasteiger partial charge on any atom is 0.408 e. The van der Waals surface area contributed by atoms with Crippen molar-refractivity contribution in [1.82, 2.24) is 10.6 Å². The number of piperidine rings is 1. The van der Waals surface area contributed by atoms with Crippen molar-refractivity contribution < 1.29 is 23.5 Å². The number of rotatable bonds is 5. The Morgan fingerprint density at radius 1 is 1.37 bits per heavy atom. The molecular weight excluding hydrogens is 351 g/mol. The summed E-state index contributed by atoms with van der Waals surface area (Å²) in [5, 5.41) is 5.73. The van der Waals surface area contributed by atoms with Gasteiger partial charge in [0.05, 0.1) is 0 Å². The van der Waals surface area contributed by atoms with Crippen LogP contribution in [0.1, 0.15) is 52.1 Å². The lowest BCUT2D eigenvalue weighted by molar-refractivity contribution is -0.155. The zero-order chi connectivity index (χ0) is 20.0. The van der Waals surface area contributed by atoms with Crippen LogP contribution in [0.15, 0.2) is 24.3 Å². The number of ether oxygens (including phenoxy) is 2. The van der Waals surface area contributed by atoms with Crippen LogP contribution in [0, 0.1) is 11.7 Å². The minimum absolute atomic E-state index is 0.255. The van der Waals surface area contributed by atoms with Gasteiger partial charge < -0.3 is 20.1 Å². The Kier molecular flexibility index (Phi) is 7.18. The highest BCUT2D eigenvalue weighted by molar-refractivity contribution is 5.83. The third-order valence-corrected chi connectivity index (χ3v) is 4.43. The van der Waals surface area contributed by atoms with Crippen LogP contribution in [-0.4, -0.2) is 36.9 Å². The summed E-state index contributed by atoms with van der Waals surface area (Å²) < 4.78 is 24.6. The van der Waals surface area contributed by atoms with Gasteiger partial charge in [-0.05, 0) is 63.8 Å². The van der Waals surface area contributed by atoms with Crippen molar-refractivity contribution >= 4 is 12.1 Å². The Bertz CT molecular complexity index is 660. The van der Waals surface area contributed by atoms with E-state index >= 15 is 0 Å². The molecule has 2 rings (SSSR count). The first-order chi connectivity index (χ1) is 12.7. The average molecular weight is 380 g/mol. The van der Waals surface area contributed by atoms with Crippen LogP contribution in [0.4, 0.5) is 9.18 Å². The van der Waals surface area contributed by atoms with Crippen molar-refractivity contribution in [3.8, 4) is 0 Å². The maximum absolute atomic E-state index is 13.7. The predicted molar refractivity (Wildman–Crippen MR) is 99.7 cm³/mol. The molecule has 0 bridgehead atoms. The van der Waals surface area contributed by atoms with Gasteiger partial charge in [-0.25, -0.2) is 14.0 Å². The summed E-state index contributed by atoms with van der Waals surface area (Å²) in [6.07, 6.45) is 0.762. The minimum atomic E-state index is -1.14. The normalized spacial score (nSPS) is 21.2. The number of esters is 1. The van der Waals surface area contributed by atoms with Gasteiger partial charge in [0.25, 0.3) is 0 Å². The first-order valence-electron chi connectivity index (χ1n) is 9.35. The molecule has 1 aromatic carbocycles. The molecule has 150 valence electrons. The van der Waals surface area contributed by atoms with Crippen molar-refractivity contribution in [2.75, 3.05) is 13.1 Å². The van der Waals surface area contributed by atoms with Crippen LogP contribution in [0.3, 0.4) is 0 Å². The second-order valence-corrected chi connectivity index (χ2v) is 7.77. The molecule has 0 spiro atoms. The van der Waals surface area contributed by atoms with Crippen molar-refractivity contribution in [3.05, 3.63) is 35.6 Å². The van der Waals surface area contributed by atoms with Gasteiger partial charge in [-0.15, -0.1) is 0 Å². The fourth-order valence-corrected chi connectivity index (χ4v) is 3.10. The molecule has 6 nitrogen and oxygen atoms in total. The molecule has 3 atom stereocenters. The van der Waals surface area contributed by atoms with E-state index in [-0.39, 0.29) is 12.0 Å². The molecule has 1 amide bonds. The van der Waals surface area contributed by atoms with Gasteiger partial charge in [-0.2, -0.15) is 0 Å². The fourth-order valence-electron chi connectivity index (χ4n) is 3.10. The van der Waals surface area contributed by atoms with E-state index in [2.05, 4.69) is 17.6 Å². The van der Waals surface area contributed by atoms with Gasteiger partial charge in [0.15, 0.2) is 6.04 Å². The van der Waals surface area contributed by atoms with Crippen LogP contribution in [0.2, 0.25) is 0 Å². The molecule has 0 aromatic heterocycles. The summed E-state index contributed by atoms with van der Waals surface area (Å²) in [6.45, 7) is 8.67. The molecular formula is C20H29FN2O4. The molecule has 7 heteroatoms. The average Bonchev–Trinajstić information content (AvgIpc) is 2.58. The van der Waals surface area contributed by atoms with E-state index in [4.69, 9.17) is 9.47 Å². The smallest absolute Gasteiger partial charge is 0.408 e. The number of benzene rings is 1. The topological polar surface area (TPSA) is 76.7 Å². The third-order valence-electron chi connectivity index (χ3n) is 4.43. The third kappa shape index (κ3) is 6.50.